The molecule has 1 heterocycles. The number of nitrogens with zero attached hydrogens (tertiary/aromatic N) is 2. The summed E-state index contributed by atoms with van der Waals surface area (Å²) < 4.78 is 26.5. The Bertz CT molecular complexity index is 670. The molecule has 0 saturated carbocycles. The van der Waals surface area contributed by atoms with Crippen molar-refractivity contribution in [2.75, 3.05) is 33.2 Å². The Balaban J connectivity index is 2.47. The third kappa shape index (κ3) is 3.32. The van der Waals surface area contributed by atoms with Crippen molar-refractivity contribution in [2.45, 2.75) is 4.90 Å². The summed E-state index contributed by atoms with van der Waals surface area (Å²) in [6.45, 7) is 1.85. The third-order valence-electron chi connectivity index (χ3n) is 3.31. The van der Waals surface area contributed by atoms with Crippen molar-refractivity contribution in [1.29, 1.82) is 0 Å². The minimum Gasteiger partial charge on any atom is -0.478 e. The van der Waals surface area contributed by atoms with Gasteiger partial charge in [0.15, 0.2) is 0 Å². The molecule has 1 aromatic rings. The maximum Gasteiger partial charge on any atom is 0.337 e. The van der Waals surface area contributed by atoms with Crippen LogP contribution in [0.3, 0.4) is 0 Å². The van der Waals surface area contributed by atoms with Crippen LogP contribution < -0.4 is 0 Å². The molecule has 1 aliphatic heterocycles. The smallest absolute Gasteiger partial charge is 0.337 e. The number of carbonyl (C=O) groups is 1. The van der Waals surface area contributed by atoms with Crippen molar-refractivity contribution < 1.29 is 18.3 Å². The Hall–Kier alpha value is -0.860. The van der Waals surface area contributed by atoms with Gasteiger partial charge in [0.1, 0.15) is 4.90 Å². The second kappa shape index (κ2) is 6.10. The first-order chi connectivity index (χ1) is 9.73. The van der Waals surface area contributed by atoms with Crippen molar-refractivity contribution in [3.63, 3.8) is 0 Å². The first-order valence-corrected chi connectivity index (χ1v) is 8.34. The molecular weight excluding hydrogens is 339 g/mol. The van der Waals surface area contributed by atoms with Crippen LogP contribution in [0.25, 0.3) is 0 Å². The lowest BCUT2D eigenvalue weighted by Crippen LogP contribution is -2.47. The fourth-order valence-electron chi connectivity index (χ4n) is 2.08. The van der Waals surface area contributed by atoms with E-state index in [2.05, 4.69) is 0 Å². The maximum atomic E-state index is 12.6. The summed E-state index contributed by atoms with van der Waals surface area (Å²) in [7, 11) is -1.97. The van der Waals surface area contributed by atoms with Crippen LogP contribution in [0.15, 0.2) is 17.0 Å². The molecule has 1 fully saturated rings. The van der Waals surface area contributed by atoms with Crippen LogP contribution in [-0.2, 0) is 10.0 Å². The van der Waals surface area contributed by atoms with Crippen LogP contribution in [0.2, 0.25) is 10.0 Å². The summed E-state index contributed by atoms with van der Waals surface area (Å²) >= 11 is 11.8. The normalized spacial score (nSPS) is 17.9. The van der Waals surface area contributed by atoms with Gasteiger partial charge in [-0.25, -0.2) is 13.2 Å². The summed E-state index contributed by atoms with van der Waals surface area (Å²) in [5, 5.41) is 8.77. The highest BCUT2D eigenvalue weighted by Crippen LogP contribution is 2.31. The topological polar surface area (TPSA) is 77.9 Å². The van der Waals surface area contributed by atoms with Crippen LogP contribution in [0, 0.1) is 0 Å². The molecule has 0 aliphatic carbocycles. The van der Waals surface area contributed by atoms with Crippen LogP contribution in [-0.4, -0.2) is 61.9 Å². The number of hydrogen-bond acceptors (Lipinski definition) is 4. The first kappa shape index (κ1) is 16.5. The molecule has 0 unspecified atom stereocenters. The van der Waals surface area contributed by atoms with Crippen LogP contribution in [0.1, 0.15) is 10.4 Å². The highest BCUT2D eigenvalue weighted by atomic mass is 35.5. The molecule has 1 N–H and O–H groups in total. The molecule has 0 spiro atoms. The first-order valence-electron chi connectivity index (χ1n) is 6.14. The van der Waals surface area contributed by atoms with E-state index >= 15 is 0 Å². The predicted octanol–water partition coefficient (Wildman–Crippen LogP) is 1.63. The number of benzene rings is 1. The molecule has 1 saturated heterocycles. The van der Waals surface area contributed by atoms with Gasteiger partial charge in [0.25, 0.3) is 0 Å². The number of sulfonamides is 1. The van der Waals surface area contributed by atoms with Gasteiger partial charge in [0.2, 0.25) is 10.0 Å². The van der Waals surface area contributed by atoms with E-state index in [1.807, 2.05) is 11.9 Å². The highest BCUT2D eigenvalue weighted by Gasteiger charge is 2.31. The van der Waals surface area contributed by atoms with Crippen molar-refractivity contribution in [2.24, 2.45) is 0 Å². The fourth-order valence-corrected chi connectivity index (χ4v) is 4.37. The molecule has 116 valence electrons. The van der Waals surface area contributed by atoms with Crippen molar-refractivity contribution in [1.82, 2.24) is 9.21 Å². The van der Waals surface area contributed by atoms with Gasteiger partial charge in [-0.15, -0.1) is 0 Å². The Morgan fingerprint density at radius 2 is 1.76 bits per heavy atom. The average Bonchev–Trinajstić information content (AvgIpc) is 2.41. The molecule has 0 atom stereocenters. The number of likely N-dealkylation sites (N-methyl/N-ethyl adjacent to an activating group) is 1. The van der Waals surface area contributed by atoms with Gasteiger partial charge < -0.3 is 10.0 Å². The van der Waals surface area contributed by atoms with Gasteiger partial charge >= 0.3 is 5.97 Å². The van der Waals surface area contributed by atoms with Crippen molar-refractivity contribution >= 4 is 39.2 Å². The molecule has 21 heavy (non-hydrogen) atoms. The van der Waals surface area contributed by atoms with Gasteiger partial charge in [0, 0.05) is 31.2 Å². The lowest BCUT2D eigenvalue weighted by molar-refractivity contribution is 0.0697. The van der Waals surface area contributed by atoms with Crippen molar-refractivity contribution in [3.8, 4) is 0 Å². The van der Waals surface area contributed by atoms with Crippen LogP contribution in [0.5, 0.6) is 0 Å². The summed E-state index contributed by atoms with van der Waals surface area (Å²) in [5.41, 5.74) is -0.322. The lowest BCUT2D eigenvalue weighted by Gasteiger charge is -2.31. The highest BCUT2D eigenvalue weighted by molar-refractivity contribution is 7.89. The molecule has 0 radical (unpaired) electrons. The number of hydrogen-bond donors (Lipinski definition) is 1. The largest absolute Gasteiger partial charge is 0.478 e. The molecule has 1 aliphatic rings. The van der Waals surface area contributed by atoms with E-state index in [4.69, 9.17) is 28.3 Å². The zero-order valence-electron chi connectivity index (χ0n) is 11.2. The Morgan fingerprint density at radius 3 is 2.29 bits per heavy atom. The second-order valence-electron chi connectivity index (χ2n) is 4.78. The minimum absolute atomic E-state index is 0.0181. The van der Waals surface area contributed by atoms with E-state index in [0.29, 0.717) is 26.2 Å². The zero-order valence-corrected chi connectivity index (χ0v) is 13.5. The molecule has 9 heteroatoms. The molecule has 0 bridgehead atoms. The third-order valence-corrected chi connectivity index (χ3v) is 5.97. The Labute approximate surface area is 132 Å². The Morgan fingerprint density at radius 1 is 1.19 bits per heavy atom. The second-order valence-corrected chi connectivity index (χ2v) is 7.50. The molecule has 2 rings (SSSR count). The fraction of sp³-hybridized carbons (Fsp3) is 0.417. The van der Waals surface area contributed by atoms with E-state index < -0.39 is 16.0 Å². The van der Waals surface area contributed by atoms with Gasteiger partial charge in [-0.05, 0) is 19.2 Å². The summed E-state index contributed by atoms with van der Waals surface area (Å²) in [5.74, 6) is -1.32. The monoisotopic (exact) mass is 352 g/mol. The standard InChI is InChI=1S/C12H14Cl2N2O4S/c1-15-2-4-16(5-3-15)21(19,20)10-7-8(13)6-9(11(10)14)12(17)18/h6-7H,2-5H2,1H3,(H,17,18). The summed E-state index contributed by atoms with van der Waals surface area (Å²) in [6, 6.07) is 2.32. The minimum atomic E-state index is -3.87. The van der Waals surface area contributed by atoms with Gasteiger partial charge in [-0.2, -0.15) is 4.31 Å². The van der Waals surface area contributed by atoms with Gasteiger partial charge in [-0.1, -0.05) is 23.2 Å². The average molecular weight is 353 g/mol. The molecule has 1 aromatic carbocycles. The molecular formula is C12H14Cl2N2O4S. The SMILES string of the molecule is CN1CCN(S(=O)(=O)c2cc(Cl)cc(C(=O)O)c2Cl)CC1. The van der Waals surface area contributed by atoms with Crippen LogP contribution in [0.4, 0.5) is 0 Å². The van der Waals surface area contributed by atoms with Gasteiger partial charge in [0.05, 0.1) is 10.6 Å². The number of aromatic carboxylic acids is 1. The van der Waals surface area contributed by atoms with Gasteiger partial charge in [-0.3, -0.25) is 0 Å². The molecule has 6 nitrogen and oxygen atoms in total. The quantitative estimate of drug-likeness (QED) is 0.894. The van der Waals surface area contributed by atoms with Crippen molar-refractivity contribution in [3.05, 3.63) is 27.7 Å². The van der Waals surface area contributed by atoms with Crippen LogP contribution >= 0.6 is 23.2 Å². The summed E-state index contributed by atoms with van der Waals surface area (Å²) in [4.78, 5) is 12.9. The van der Waals surface area contributed by atoms with E-state index in [1.54, 1.807) is 0 Å². The van der Waals surface area contributed by atoms with E-state index in [0.717, 1.165) is 6.07 Å². The lowest BCUT2D eigenvalue weighted by atomic mass is 10.2. The summed E-state index contributed by atoms with van der Waals surface area (Å²) in [6.07, 6.45) is 0. The zero-order chi connectivity index (χ0) is 15.8. The number of piperazine rings is 1. The van der Waals surface area contributed by atoms with E-state index in [-0.39, 0.29) is 20.5 Å². The number of rotatable bonds is 3. The molecule has 0 aromatic heterocycles. The Kier molecular flexibility index (Phi) is 4.79. The number of carboxylic acids is 1. The van der Waals surface area contributed by atoms with E-state index in [9.17, 15) is 13.2 Å². The number of halogens is 2. The predicted molar refractivity (Wildman–Crippen MR) is 79.7 cm³/mol. The maximum absolute atomic E-state index is 12.6. The number of carboxylic acid groups (broad SMARTS) is 1. The molecule has 0 amide bonds. The van der Waals surface area contributed by atoms with E-state index in [1.165, 1.54) is 10.4 Å².